The average Bonchev–Trinajstić information content (AvgIpc) is 3.50. The Morgan fingerprint density at radius 2 is 1.87 bits per heavy atom. The van der Waals surface area contributed by atoms with Crippen LogP contribution in [0.15, 0.2) is 77.4 Å². The summed E-state index contributed by atoms with van der Waals surface area (Å²) in [6, 6.07) is 21.3. The Kier molecular flexibility index (Phi) is 4.67. The number of amides is 1. The van der Waals surface area contributed by atoms with E-state index in [2.05, 4.69) is 19.9 Å². The van der Waals surface area contributed by atoms with Gasteiger partial charge >= 0.3 is 0 Å². The quantitative estimate of drug-likeness (QED) is 0.399. The molecule has 1 amide bonds. The standard InChI is InChI=1S/C25H22N4O2/c1-16-14-20(17(2)29(16)15-18-8-7-13-31-18)25(30)28-21-10-4-3-9-19(21)24-26-22-11-5-6-12-23(22)27-24/h3-14H,15H2,1-2H3,(H,26,27)(H,28,30). The van der Waals surface area contributed by atoms with Crippen molar-refractivity contribution in [3.63, 3.8) is 0 Å². The van der Waals surface area contributed by atoms with Gasteiger partial charge in [0.05, 0.1) is 35.1 Å². The molecule has 2 aromatic carbocycles. The first kappa shape index (κ1) is 18.9. The van der Waals surface area contributed by atoms with Crippen LogP contribution in [0.1, 0.15) is 27.5 Å². The minimum Gasteiger partial charge on any atom is -0.467 e. The molecule has 154 valence electrons. The van der Waals surface area contributed by atoms with E-state index in [1.54, 1.807) is 6.26 Å². The maximum Gasteiger partial charge on any atom is 0.257 e. The van der Waals surface area contributed by atoms with E-state index < -0.39 is 0 Å². The molecule has 0 bridgehead atoms. The molecule has 0 unspecified atom stereocenters. The molecule has 31 heavy (non-hydrogen) atoms. The van der Waals surface area contributed by atoms with Gasteiger partial charge in [0.1, 0.15) is 11.6 Å². The highest BCUT2D eigenvalue weighted by atomic mass is 16.3. The van der Waals surface area contributed by atoms with Crippen LogP contribution in [0, 0.1) is 13.8 Å². The molecule has 0 fully saturated rings. The smallest absolute Gasteiger partial charge is 0.257 e. The second-order valence-corrected chi connectivity index (χ2v) is 7.55. The molecule has 5 aromatic rings. The predicted octanol–water partition coefficient (Wildman–Crippen LogP) is 5.54. The summed E-state index contributed by atoms with van der Waals surface area (Å²) in [5.41, 5.74) is 5.94. The number of aryl methyl sites for hydroxylation is 1. The van der Waals surface area contributed by atoms with Crippen LogP contribution in [-0.4, -0.2) is 20.4 Å². The van der Waals surface area contributed by atoms with Crippen molar-refractivity contribution in [3.8, 4) is 11.4 Å². The number of aromatic amines is 1. The number of hydrogen-bond donors (Lipinski definition) is 2. The molecule has 0 radical (unpaired) electrons. The molecule has 0 saturated carbocycles. The molecule has 0 spiro atoms. The summed E-state index contributed by atoms with van der Waals surface area (Å²) in [5, 5.41) is 3.07. The molecular formula is C25H22N4O2. The summed E-state index contributed by atoms with van der Waals surface area (Å²) in [4.78, 5) is 21.2. The van der Waals surface area contributed by atoms with Crippen molar-refractivity contribution in [2.75, 3.05) is 5.32 Å². The van der Waals surface area contributed by atoms with Gasteiger partial charge in [-0.3, -0.25) is 4.79 Å². The maximum atomic E-state index is 13.2. The fourth-order valence-corrected chi connectivity index (χ4v) is 3.90. The third-order valence-electron chi connectivity index (χ3n) is 5.53. The van der Waals surface area contributed by atoms with E-state index in [-0.39, 0.29) is 5.91 Å². The number of fused-ring (bicyclic) bond motifs is 1. The van der Waals surface area contributed by atoms with E-state index >= 15 is 0 Å². The highest BCUT2D eigenvalue weighted by Gasteiger charge is 2.18. The van der Waals surface area contributed by atoms with Crippen molar-refractivity contribution in [2.45, 2.75) is 20.4 Å². The number of nitrogens with zero attached hydrogens (tertiary/aromatic N) is 2. The second-order valence-electron chi connectivity index (χ2n) is 7.55. The number of carbonyl (C=O) groups is 1. The fraction of sp³-hybridized carbons (Fsp3) is 0.120. The van der Waals surface area contributed by atoms with Crippen LogP contribution in [-0.2, 0) is 6.54 Å². The number of carbonyl (C=O) groups excluding carboxylic acids is 1. The highest BCUT2D eigenvalue weighted by molar-refractivity contribution is 6.07. The van der Waals surface area contributed by atoms with E-state index in [0.29, 0.717) is 17.8 Å². The van der Waals surface area contributed by atoms with Gasteiger partial charge in [-0.15, -0.1) is 0 Å². The summed E-state index contributed by atoms with van der Waals surface area (Å²) < 4.78 is 7.55. The predicted molar refractivity (Wildman–Crippen MR) is 121 cm³/mol. The van der Waals surface area contributed by atoms with Crippen molar-refractivity contribution >= 4 is 22.6 Å². The first-order valence-electron chi connectivity index (χ1n) is 10.1. The van der Waals surface area contributed by atoms with E-state index in [9.17, 15) is 4.79 Å². The van der Waals surface area contributed by atoms with Crippen LogP contribution in [0.5, 0.6) is 0 Å². The SMILES string of the molecule is Cc1cc(C(=O)Nc2ccccc2-c2nc3ccccc3[nH]2)c(C)n1Cc1ccco1. The van der Waals surface area contributed by atoms with Gasteiger partial charge in [0.25, 0.3) is 5.91 Å². The number of benzene rings is 2. The second kappa shape index (κ2) is 7.65. The number of aromatic nitrogens is 3. The van der Waals surface area contributed by atoms with Crippen LogP contribution in [0.3, 0.4) is 0 Å². The van der Waals surface area contributed by atoms with Crippen molar-refractivity contribution in [1.29, 1.82) is 0 Å². The first-order chi connectivity index (χ1) is 15.1. The number of H-pyrrole nitrogens is 1. The lowest BCUT2D eigenvalue weighted by molar-refractivity contribution is 0.102. The lowest BCUT2D eigenvalue weighted by atomic mass is 10.1. The summed E-state index contributed by atoms with van der Waals surface area (Å²) in [6.07, 6.45) is 1.66. The fourth-order valence-electron chi connectivity index (χ4n) is 3.90. The lowest BCUT2D eigenvalue weighted by Gasteiger charge is -2.10. The molecule has 2 N–H and O–H groups in total. The Labute approximate surface area is 179 Å². The summed E-state index contributed by atoms with van der Waals surface area (Å²) >= 11 is 0. The Morgan fingerprint density at radius 1 is 1.06 bits per heavy atom. The molecule has 0 saturated heterocycles. The molecule has 5 rings (SSSR count). The van der Waals surface area contributed by atoms with Gasteiger partial charge in [0.2, 0.25) is 0 Å². The number of furan rings is 1. The average molecular weight is 410 g/mol. The van der Waals surface area contributed by atoms with Crippen molar-refractivity contribution < 1.29 is 9.21 Å². The normalized spacial score (nSPS) is 11.2. The minimum absolute atomic E-state index is 0.151. The highest BCUT2D eigenvalue weighted by Crippen LogP contribution is 2.28. The Balaban J connectivity index is 1.45. The van der Waals surface area contributed by atoms with Gasteiger partial charge in [0, 0.05) is 17.0 Å². The zero-order valence-electron chi connectivity index (χ0n) is 17.3. The summed E-state index contributed by atoms with van der Waals surface area (Å²) in [7, 11) is 0. The number of nitrogens with one attached hydrogen (secondary N) is 2. The molecule has 3 heterocycles. The largest absolute Gasteiger partial charge is 0.467 e. The number of hydrogen-bond acceptors (Lipinski definition) is 3. The number of rotatable bonds is 5. The Morgan fingerprint density at radius 3 is 2.68 bits per heavy atom. The summed E-state index contributed by atoms with van der Waals surface area (Å²) in [5.74, 6) is 1.42. The third-order valence-corrected chi connectivity index (χ3v) is 5.53. The van der Waals surface area contributed by atoms with E-state index in [0.717, 1.165) is 39.6 Å². The zero-order valence-corrected chi connectivity index (χ0v) is 17.3. The van der Waals surface area contributed by atoms with Gasteiger partial charge in [0.15, 0.2) is 0 Å². The van der Waals surface area contributed by atoms with Crippen LogP contribution in [0.2, 0.25) is 0 Å². The number of anilines is 1. The topological polar surface area (TPSA) is 75.8 Å². The number of para-hydroxylation sites is 3. The van der Waals surface area contributed by atoms with Crippen LogP contribution in [0.25, 0.3) is 22.4 Å². The third kappa shape index (κ3) is 3.53. The maximum absolute atomic E-state index is 13.2. The van der Waals surface area contributed by atoms with Crippen LogP contribution < -0.4 is 5.32 Å². The van der Waals surface area contributed by atoms with Gasteiger partial charge in [-0.05, 0) is 56.3 Å². The van der Waals surface area contributed by atoms with Crippen molar-refractivity contribution in [3.05, 3.63) is 95.7 Å². The molecule has 0 aliphatic rings. The van der Waals surface area contributed by atoms with Gasteiger partial charge in [-0.1, -0.05) is 24.3 Å². The van der Waals surface area contributed by atoms with Gasteiger partial charge in [-0.25, -0.2) is 4.98 Å². The van der Waals surface area contributed by atoms with Crippen molar-refractivity contribution in [2.24, 2.45) is 0 Å². The van der Waals surface area contributed by atoms with E-state index in [1.807, 2.05) is 80.6 Å². The minimum atomic E-state index is -0.151. The molecule has 6 heteroatoms. The molecule has 0 atom stereocenters. The van der Waals surface area contributed by atoms with Gasteiger partial charge in [-0.2, -0.15) is 0 Å². The van der Waals surface area contributed by atoms with Crippen LogP contribution >= 0.6 is 0 Å². The Bertz CT molecular complexity index is 1340. The first-order valence-corrected chi connectivity index (χ1v) is 10.1. The number of imidazole rings is 1. The summed E-state index contributed by atoms with van der Waals surface area (Å²) in [6.45, 7) is 4.54. The van der Waals surface area contributed by atoms with Gasteiger partial charge < -0.3 is 19.3 Å². The molecule has 6 nitrogen and oxygen atoms in total. The van der Waals surface area contributed by atoms with E-state index in [1.165, 1.54) is 0 Å². The monoisotopic (exact) mass is 410 g/mol. The van der Waals surface area contributed by atoms with Crippen LogP contribution in [0.4, 0.5) is 5.69 Å². The molecule has 3 aromatic heterocycles. The molecular weight excluding hydrogens is 388 g/mol. The van der Waals surface area contributed by atoms with Crippen molar-refractivity contribution in [1.82, 2.24) is 14.5 Å². The van der Waals surface area contributed by atoms with E-state index in [4.69, 9.17) is 4.42 Å². The molecule has 0 aliphatic carbocycles. The zero-order chi connectivity index (χ0) is 21.4. The Hall–Kier alpha value is -4.06. The lowest BCUT2D eigenvalue weighted by Crippen LogP contribution is -2.14. The molecule has 0 aliphatic heterocycles.